The lowest BCUT2D eigenvalue weighted by atomic mass is 10.0. The fourth-order valence-electron chi connectivity index (χ4n) is 1.28. The standard InChI is InChI=1S/C12H20ClN3/c1-6-12(3,4)16(5)11-14-8-10(7-13)9(2)15-11/h8H,6-7H2,1-5H3. The number of rotatable bonds is 4. The number of anilines is 1. The van der Waals surface area contributed by atoms with E-state index in [4.69, 9.17) is 11.6 Å². The number of aryl methyl sites for hydroxylation is 1. The number of nitrogens with zero attached hydrogens (tertiary/aromatic N) is 3. The summed E-state index contributed by atoms with van der Waals surface area (Å²) in [4.78, 5) is 11.0. The highest BCUT2D eigenvalue weighted by Gasteiger charge is 2.23. The van der Waals surface area contributed by atoms with E-state index in [0.29, 0.717) is 5.88 Å². The second kappa shape index (κ2) is 5.00. The van der Waals surface area contributed by atoms with Crippen LogP contribution in [-0.4, -0.2) is 22.6 Å². The molecule has 0 amide bonds. The van der Waals surface area contributed by atoms with Crippen LogP contribution in [0.25, 0.3) is 0 Å². The molecule has 0 unspecified atom stereocenters. The molecule has 0 N–H and O–H groups in total. The van der Waals surface area contributed by atoms with Crippen molar-refractivity contribution in [1.29, 1.82) is 0 Å². The Morgan fingerprint density at radius 2 is 2.06 bits per heavy atom. The van der Waals surface area contributed by atoms with Crippen LogP contribution in [0.2, 0.25) is 0 Å². The quantitative estimate of drug-likeness (QED) is 0.759. The molecule has 0 atom stereocenters. The lowest BCUT2D eigenvalue weighted by molar-refractivity contribution is 0.463. The van der Waals surface area contributed by atoms with Gasteiger partial charge in [0.05, 0.1) is 5.88 Å². The Balaban J connectivity index is 3.02. The van der Waals surface area contributed by atoms with Gasteiger partial charge in [-0.1, -0.05) is 6.92 Å². The van der Waals surface area contributed by atoms with Crippen LogP contribution in [0.1, 0.15) is 38.4 Å². The van der Waals surface area contributed by atoms with Crippen LogP contribution < -0.4 is 4.90 Å². The first-order valence-electron chi connectivity index (χ1n) is 5.54. The summed E-state index contributed by atoms with van der Waals surface area (Å²) >= 11 is 5.79. The monoisotopic (exact) mass is 241 g/mol. The maximum Gasteiger partial charge on any atom is 0.225 e. The van der Waals surface area contributed by atoms with Crippen molar-refractivity contribution in [2.24, 2.45) is 0 Å². The fourth-order valence-corrected chi connectivity index (χ4v) is 1.54. The normalized spacial score (nSPS) is 11.6. The van der Waals surface area contributed by atoms with Gasteiger partial charge in [0.2, 0.25) is 5.95 Å². The van der Waals surface area contributed by atoms with Crippen molar-refractivity contribution < 1.29 is 0 Å². The van der Waals surface area contributed by atoms with Gasteiger partial charge >= 0.3 is 0 Å². The Kier molecular flexibility index (Phi) is 4.14. The number of aromatic nitrogens is 2. The molecule has 1 aromatic heterocycles. The molecule has 0 aromatic carbocycles. The molecule has 0 saturated carbocycles. The van der Waals surface area contributed by atoms with Crippen molar-refractivity contribution in [2.75, 3.05) is 11.9 Å². The lowest BCUT2D eigenvalue weighted by Gasteiger charge is -2.35. The van der Waals surface area contributed by atoms with Gasteiger partial charge in [0, 0.05) is 30.0 Å². The Labute approximate surface area is 103 Å². The molecule has 0 bridgehead atoms. The Bertz CT molecular complexity index is 363. The molecule has 0 aliphatic rings. The molecule has 0 spiro atoms. The number of hydrogen-bond acceptors (Lipinski definition) is 3. The third-order valence-electron chi connectivity index (χ3n) is 3.29. The van der Waals surface area contributed by atoms with Crippen LogP contribution in [0.3, 0.4) is 0 Å². The Morgan fingerprint density at radius 1 is 1.44 bits per heavy atom. The topological polar surface area (TPSA) is 29.0 Å². The predicted octanol–water partition coefficient (Wildman–Crippen LogP) is 3.15. The maximum atomic E-state index is 5.79. The number of alkyl halides is 1. The van der Waals surface area contributed by atoms with Gasteiger partial charge in [-0.25, -0.2) is 9.97 Å². The van der Waals surface area contributed by atoms with Gasteiger partial charge < -0.3 is 4.90 Å². The minimum absolute atomic E-state index is 0.0644. The lowest BCUT2D eigenvalue weighted by Crippen LogP contribution is -2.41. The summed E-state index contributed by atoms with van der Waals surface area (Å²) in [6, 6.07) is 0. The smallest absolute Gasteiger partial charge is 0.225 e. The molecule has 0 fully saturated rings. The van der Waals surface area contributed by atoms with Gasteiger partial charge in [-0.15, -0.1) is 11.6 Å². The molecule has 3 nitrogen and oxygen atoms in total. The van der Waals surface area contributed by atoms with Crippen LogP contribution in [-0.2, 0) is 5.88 Å². The molecular formula is C12H20ClN3. The molecular weight excluding hydrogens is 222 g/mol. The van der Waals surface area contributed by atoms with E-state index in [1.807, 2.05) is 20.2 Å². The average molecular weight is 242 g/mol. The molecule has 90 valence electrons. The predicted molar refractivity (Wildman–Crippen MR) is 69.1 cm³/mol. The van der Waals surface area contributed by atoms with Gasteiger partial charge in [0.1, 0.15) is 0 Å². The van der Waals surface area contributed by atoms with Crippen LogP contribution in [0.4, 0.5) is 5.95 Å². The average Bonchev–Trinajstić information content (AvgIpc) is 2.27. The minimum atomic E-state index is 0.0644. The largest absolute Gasteiger partial charge is 0.339 e. The van der Waals surface area contributed by atoms with E-state index in [0.717, 1.165) is 23.6 Å². The summed E-state index contributed by atoms with van der Waals surface area (Å²) in [7, 11) is 2.03. The highest BCUT2D eigenvalue weighted by molar-refractivity contribution is 6.17. The third-order valence-corrected chi connectivity index (χ3v) is 3.57. The van der Waals surface area contributed by atoms with Crippen LogP contribution in [0, 0.1) is 6.92 Å². The van der Waals surface area contributed by atoms with Crippen molar-refractivity contribution in [2.45, 2.75) is 45.5 Å². The van der Waals surface area contributed by atoms with Crippen LogP contribution in [0.5, 0.6) is 0 Å². The van der Waals surface area contributed by atoms with Crippen LogP contribution >= 0.6 is 11.6 Å². The van der Waals surface area contributed by atoms with Crippen molar-refractivity contribution in [1.82, 2.24) is 9.97 Å². The molecule has 0 saturated heterocycles. The molecule has 0 aliphatic heterocycles. The SMILES string of the molecule is CCC(C)(C)N(C)c1ncc(CCl)c(C)n1. The summed E-state index contributed by atoms with van der Waals surface area (Å²) in [5.74, 6) is 1.23. The maximum absolute atomic E-state index is 5.79. The third kappa shape index (κ3) is 2.64. The van der Waals surface area contributed by atoms with E-state index in [1.165, 1.54) is 0 Å². The molecule has 1 heterocycles. The first-order valence-corrected chi connectivity index (χ1v) is 6.08. The van der Waals surface area contributed by atoms with Gasteiger partial charge in [-0.2, -0.15) is 0 Å². The van der Waals surface area contributed by atoms with Crippen molar-refractivity contribution >= 4 is 17.5 Å². The summed E-state index contributed by atoms with van der Waals surface area (Å²) < 4.78 is 0. The zero-order valence-electron chi connectivity index (χ0n) is 10.7. The van der Waals surface area contributed by atoms with E-state index in [2.05, 4.69) is 35.6 Å². The van der Waals surface area contributed by atoms with Crippen LogP contribution in [0.15, 0.2) is 6.20 Å². The summed E-state index contributed by atoms with van der Waals surface area (Å²) in [5, 5.41) is 0. The van der Waals surface area contributed by atoms with Gasteiger partial charge in [-0.3, -0.25) is 0 Å². The first kappa shape index (κ1) is 13.2. The van der Waals surface area contributed by atoms with Gasteiger partial charge in [0.25, 0.3) is 0 Å². The van der Waals surface area contributed by atoms with Crippen molar-refractivity contribution in [3.63, 3.8) is 0 Å². The summed E-state index contributed by atoms with van der Waals surface area (Å²) in [6.45, 7) is 8.49. The zero-order chi connectivity index (χ0) is 12.3. The van der Waals surface area contributed by atoms with E-state index in [1.54, 1.807) is 0 Å². The van der Waals surface area contributed by atoms with E-state index < -0.39 is 0 Å². The first-order chi connectivity index (χ1) is 7.42. The molecule has 0 radical (unpaired) electrons. The molecule has 0 aliphatic carbocycles. The van der Waals surface area contributed by atoms with Crippen molar-refractivity contribution in [3.8, 4) is 0 Å². The Hall–Kier alpha value is -0.830. The van der Waals surface area contributed by atoms with Crippen molar-refractivity contribution in [3.05, 3.63) is 17.5 Å². The highest BCUT2D eigenvalue weighted by atomic mass is 35.5. The minimum Gasteiger partial charge on any atom is -0.339 e. The molecule has 1 rings (SSSR count). The highest BCUT2D eigenvalue weighted by Crippen LogP contribution is 2.22. The number of hydrogen-bond donors (Lipinski definition) is 0. The fraction of sp³-hybridized carbons (Fsp3) is 0.667. The summed E-state index contributed by atoms with van der Waals surface area (Å²) in [6.07, 6.45) is 2.86. The Morgan fingerprint density at radius 3 is 2.50 bits per heavy atom. The van der Waals surface area contributed by atoms with E-state index in [9.17, 15) is 0 Å². The molecule has 16 heavy (non-hydrogen) atoms. The molecule has 1 aromatic rings. The van der Waals surface area contributed by atoms with Gasteiger partial charge in [0.15, 0.2) is 0 Å². The second-order valence-corrected chi connectivity index (χ2v) is 4.91. The number of halogens is 1. The zero-order valence-corrected chi connectivity index (χ0v) is 11.5. The summed E-state index contributed by atoms with van der Waals surface area (Å²) in [5.41, 5.74) is 2.02. The van der Waals surface area contributed by atoms with E-state index >= 15 is 0 Å². The molecule has 4 heteroatoms. The van der Waals surface area contributed by atoms with E-state index in [-0.39, 0.29) is 5.54 Å². The second-order valence-electron chi connectivity index (χ2n) is 4.64. The van der Waals surface area contributed by atoms with Gasteiger partial charge in [-0.05, 0) is 27.2 Å².